The molecule has 0 radical (unpaired) electrons. The highest BCUT2D eigenvalue weighted by atomic mass is 16.1. The number of nitrogens with one attached hydrogen (secondary N) is 2. The van der Waals surface area contributed by atoms with Crippen LogP contribution in [0.5, 0.6) is 0 Å². The van der Waals surface area contributed by atoms with E-state index in [9.17, 15) is 4.79 Å². The Morgan fingerprint density at radius 1 is 1.06 bits per heavy atom. The van der Waals surface area contributed by atoms with E-state index in [1.54, 1.807) is 40.0 Å². The number of fused-ring (bicyclic) bond motifs is 1. The van der Waals surface area contributed by atoms with Crippen molar-refractivity contribution in [2.45, 2.75) is 20.4 Å². The smallest absolute Gasteiger partial charge is 0.256 e. The molecular formula is C24H23N9O. The van der Waals surface area contributed by atoms with Crippen LogP contribution in [0.4, 0.5) is 23.3 Å². The number of hydrogen-bond donors (Lipinski definition) is 3. The number of hydrogen-bond acceptors (Lipinski definition) is 7. The van der Waals surface area contributed by atoms with Crippen LogP contribution in [0.1, 0.15) is 22.8 Å². The number of benzene rings is 2. The molecule has 5 rings (SSSR count). The average molecular weight is 454 g/mol. The van der Waals surface area contributed by atoms with Gasteiger partial charge in [-0.25, -0.2) is 9.36 Å². The fraction of sp³-hybridized carbons (Fsp3) is 0.125. The van der Waals surface area contributed by atoms with Crippen LogP contribution in [0.25, 0.3) is 16.7 Å². The zero-order valence-electron chi connectivity index (χ0n) is 18.7. The Kier molecular flexibility index (Phi) is 5.38. The number of aromatic nitrogens is 6. The van der Waals surface area contributed by atoms with Crippen LogP contribution in [0.2, 0.25) is 0 Å². The largest absolute Gasteiger partial charge is 0.368 e. The van der Waals surface area contributed by atoms with Crippen molar-refractivity contribution in [1.82, 2.24) is 29.5 Å². The molecule has 2 aromatic carbocycles. The first-order valence-electron chi connectivity index (χ1n) is 10.8. The predicted octanol–water partition coefficient (Wildman–Crippen LogP) is 3.92. The first-order chi connectivity index (χ1) is 16.5. The summed E-state index contributed by atoms with van der Waals surface area (Å²) in [6, 6.07) is 16.9. The maximum absolute atomic E-state index is 12.9. The van der Waals surface area contributed by atoms with E-state index in [-0.39, 0.29) is 11.9 Å². The number of nitrogen functional groups attached to an aromatic ring is 1. The van der Waals surface area contributed by atoms with Crippen LogP contribution in [-0.4, -0.2) is 35.4 Å². The summed E-state index contributed by atoms with van der Waals surface area (Å²) in [4.78, 5) is 21.7. The van der Waals surface area contributed by atoms with Crippen LogP contribution in [-0.2, 0) is 6.54 Å². The zero-order valence-corrected chi connectivity index (χ0v) is 18.7. The van der Waals surface area contributed by atoms with Gasteiger partial charge in [-0.1, -0.05) is 24.3 Å². The molecule has 5 aromatic rings. The molecule has 0 unspecified atom stereocenters. The number of carbonyl (C=O) groups is 1. The molecule has 34 heavy (non-hydrogen) atoms. The van der Waals surface area contributed by atoms with Gasteiger partial charge in [-0.15, -0.1) is 0 Å². The lowest BCUT2D eigenvalue weighted by atomic mass is 10.1. The lowest BCUT2D eigenvalue weighted by Gasteiger charge is -2.13. The monoisotopic (exact) mass is 453 g/mol. The van der Waals surface area contributed by atoms with Gasteiger partial charge in [0.1, 0.15) is 11.6 Å². The van der Waals surface area contributed by atoms with E-state index >= 15 is 0 Å². The fourth-order valence-corrected chi connectivity index (χ4v) is 3.68. The molecule has 3 aromatic heterocycles. The second kappa shape index (κ2) is 8.66. The molecule has 0 spiro atoms. The number of amides is 1. The van der Waals surface area contributed by atoms with Gasteiger partial charge in [-0.2, -0.15) is 20.2 Å². The van der Waals surface area contributed by atoms with Gasteiger partial charge in [0.2, 0.25) is 5.95 Å². The van der Waals surface area contributed by atoms with E-state index in [0.29, 0.717) is 34.8 Å². The summed E-state index contributed by atoms with van der Waals surface area (Å²) in [5.41, 5.74) is 9.64. The topological polar surface area (TPSA) is 129 Å². The lowest BCUT2D eigenvalue weighted by molar-refractivity contribution is 0.102. The molecule has 1 amide bonds. The molecule has 4 N–H and O–H groups in total. The van der Waals surface area contributed by atoms with Gasteiger partial charge in [-0.05, 0) is 43.7 Å². The van der Waals surface area contributed by atoms with E-state index in [4.69, 9.17) is 5.73 Å². The maximum Gasteiger partial charge on any atom is 0.256 e. The number of para-hydroxylation sites is 1. The minimum Gasteiger partial charge on any atom is -0.368 e. The van der Waals surface area contributed by atoms with Crippen LogP contribution in [0, 0.1) is 6.92 Å². The van der Waals surface area contributed by atoms with Gasteiger partial charge in [0.05, 0.1) is 23.5 Å². The predicted molar refractivity (Wildman–Crippen MR) is 131 cm³/mol. The molecule has 0 saturated carbocycles. The Morgan fingerprint density at radius 2 is 1.88 bits per heavy atom. The molecule has 0 aliphatic carbocycles. The second-order valence-corrected chi connectivity index (χ2v) is 7.70. The first-order valence-corrected chi connectivity index (χ1v) is 10.8. The minimum atomic E-state index is -0.234. The van der Waals surface area contributed by atoms with Gasteiger partial charge in [-0.3, -0.25) is 4.79 Å². The van der Waals surface area contributed by atoms with Crippen molar-refractivity contribution in [3.8, 4) is 5.69 Å². The summed E-state index contributed by atoms with van der Waals surface area (Å²) in [5.74, 6) is 1.03. The summed E-state index contributed by atoms with van der Waals surface area (Å²) in [5, 5.41) is 15.6. The molecule has 10 nitrogen and oxygen atoms in total. The SMILES string of the molecule is CCn1nccc1NC(=O)c1ccc(C)c(Nc2nc(N)nc3c2cnn3-c2ccccc2)c1. The summed E-state index contributed by atoms with van der Waals surface area (Å²) < 4.78 is 3.43. The molecule has 0 fully saturated rings. The number of carbonyl (C=O) groups excluding carboxylic acids is 1. The van der Waals surface area contributed by atoms with Gasteiger partial charge in [0, 0.05) is 23.9 Å². The average Bonchev–Trinajstić information content (AvgIpc) is 3.47. The van der Waals surface area contributed by atoms with Gasteiger partial charge in [0.15, 0.2) is 5.65 Å². The Bertz CT molecular complexity index is 1490. The van der Waals surface area contributed by atoms with Crippen LogP contribution < -0.4 is 16.4 Å². The number of nitrogens with zero attached hydrogens (tertiary/aromatic N) is 6. The van der Waals surface area contributed by atoms with Crippen molar-refractivity contribution in [2.75, 3.05) is 16.4 Å². The second-order valence-electron chi connectivity index (χ2n) is 7.70. The van der Waals surface area contributed by atoms with Crippen molar-refractivity contribution < 1.29 is 4.79 Å². The first kappa shape index (κ1) is 21.1. The maximum atomic E-state index is 12.9. The third-order valence-electron chi connectivity index (χ3n) is 5.46. The van der Waals surface area contributed by atoms with E-state index in [1.807, 2.05) is 50.2 Å². The Morgan fingerprint density at radius 3 is 2.68 bits per heavy atom. The van der Waals surface area contributed by atoms with E-state index in [1.165, 1.54) is 0 Å². The Balaban J connectivity index is 1.48. The number of nitrogens with two attached hydrogens (primary N) is 1. The van der Waals surface area contributed by atoms with Gasteiger partial charge < -0.3 is 16.4 Å². The highest BCUT2D eigenvalue weighted by Crippen LogP contribution is 2.28. The quantitative estimate of drug-likeness (QED) is 0.355. The molecule has 0 aliphatic rings. The van der Waals surface area contributed by atoms with E-state index in [0.717, 1.165) is 16.9 Å². The van der Waals surface area contributed by atoms with Crippen molar-refractivity contribution in [3.63, 3.8) is 0 Å². The highest BCUT2D eigenvalue weighted by Gasteiger charge is 2.16. The summed E-state index contributed by atoms with van der Waals surface area (Å²) >= 11 is 0. The van der Waals surface area contributed by atoms with Crippen molar-refractivity contribution >= 4 is 40.2 Å². The minimum absolute atomic E-state index is 0.118. The third-order valence-corrected chi connectivity index (χ3v) is 5.46. The number of aryl methyl sites for hydroxylation is 2. The van der Waals surface area contributed by atoms with E-state index < -0.39 is 0 Å². The van der Waals surface area contributed by atoms with Crippen molar-refractivity contribution in [1.29, 1.82) is 0 Å². The molecule has 0 aliphatic heterocycles. The zero-order chi connectivity index (χ0) is 23.7. The molecule has 0 saturated heterocycles. The van der Waals surface area contributed by atoms with Crippen LogP contribution >= 0.6 is 0 Å². The Hall–Kier alpha value is -4.73. The standard InChI is InChI=1S/C24H23N9O/c1-3-32-20(11-12-26-32)29-23(34)16-10-9-15(2)19(13-16)28-21-18-14-27-33(17-7-5-4-6-8-17)22(18)31-24(25)30-21/h4-14H,3H2,1-2H3,(H,29,34)(H3,25,28,30,31). The Labute approximate surface area is 195 Å². The normalized spacial score (nSPS) is 11.0. The molecule has 0 bridgehead atoms. The molecule has 10 heteroatoms. The molecule has 170 valence electrons. The summed E-state index contributed by atoms with van der Waals surface area (Å²) in [6.45, 7) is 4.57. The van der Waals surface area contributed by atoms with Crippen LogP contribution in [0.15, 0.2) is 67.0 Å². The van der Waals surface area contributed by atoms with Crippen LogP contribution in [0.3, 0.4) is 0 Å². The van der Waals surface area contributed by atoms with E-state index in [2.05, 4.69) is 30.8 Å². The van der Waals surface area contributed by atoms with Crippen molar-refractivity contribution in [2.24, 2.45) is 0 Å². The van der Waals surface area contributed by atoms with Crippen molar-refractivity contribution in [3.05, 3.63) is 78.1 Å². The third kappa shape index (κ3) is 3.92. The highest BCUT2D eigenvalue weighted by molar-refractivity contribution is 6.04. The summed E-state index contributed by atoms with van der Waals surface area (Å²) in [6.07, 6.45) is 3.35. The fourth-order valence-electron chi connectivity index (χ4n) is 3.68. The number of anilines is 4. The lowest BCUT2D eigenvalue weighted by Crippen LogP contribution is -2.15. The van der Waals surface area contributed by atoms with Gasteiger partial charge in [0.25, 0.3) is 5.91 Å². The molecule has 3 heterocycles. The number of rotatable bonds is 6. The molecular weight excluding hydrogens is 430 g/mol. The summed E-state index contributed by atoms with van der Waals surface area (Å²) in [7, 11) is 0. The molecule has 0 atom stereocenters. The van der Waals surface area contributed by atoms with Gasteiger partial charge >= 0.3 is 0 Å².